The van der Waals surface area contributed by atoms with E-state index in [2.05, 4.69) is 0 Å². The first-order valence-electron chi connectivity index (χ1n) is 4.08. The van der Waals surface area contributed by atoms with Crippen molar-refractivity contribution in [3.8, 4) is 0 Å². The van der Waals surface area contributed by atoms with Gasteiger partial charge in [-0.1, -0.05) is 12.1 Å². The SMILES string of the molecule is Cc1cccc2c(=O)c(N)c(I)oc12. The summed E-state index contributed by atoms with van der Waals surface area (Å²) < 4.78 is 5.92. The molecule has 0 bridgehead atoms. The molecule has 0 unspecified atom stereocenters. The number of anilines is 1. The second-order valence-corrected chi connectivity index (χ2v) is 4.05. The molecule has 0 atom stereocenters. The Balaban J connectivity index is 3.06. The van der Waals surface area contributed by atoms with Gasteiger partial charge in [0, 0.05) is 22.6 Å². The van der Waals surface area contributed by atoms with Gasteiger partial charge in [0.25, 0.3) is 0 Å². The summed E-state index contributed by atoms with van der Waals surface area (Å²) in [5.74, 6) is 0. The Morgan fingerprint density at radius 2 is 2.14 bits per heavy atom. The summed E-state index contributed by atoms with van der Waals surface area (Å²) in [5.41, 5.74) is 7.18. The van der Waals surface area contributed by atoms with E-state index in [1.807, 2.05) is 41.6 Å². The number of nitrogens with two attached hydrogens (primary N) is 1. The first kappa shape index (κ1) is 9.51. The molecule has 2 aromatic rings. The van der Waals surface area contributed by atoms with Crippen molar-refractivity contribution in [2.75, 3.05) is 5.73 Å². The van der Waals surface area contributed by atoms with Crippen LogP contribution in [0.15, 0.2) is 27.4 Å². The van der Waals surface area contributed by atoms with Crippen LogP contribution in [0.3, 0.4) is 0 Å². The van der Waals surface area contributed by atoms with Crippen molar-refractivity contribution in [3.05, 3.63) is 37.8 Å². The summed E-state index contributed by atoms with van der Waals surface area (Å²) in [7, 11) is 0. The Hall–Kier alpha value is -1.04. The molecule has 0 amide bonds. The van der Waals surface area contributed by atoms with E-state index in [9.17, 15) is 4.79 Å². The molecule has 4 heteroatoms. The van der Waals surface area contributed by atoms with E-state index in [0.717, 1.165) is 5.56 Å². The van der Waals surface area contributed by atoms with Crippen LogP contribution in [-0.4, -0.2) is 0 Å². The Bertz CT molecular complexity index is 560. The topological polar surface area (TPSA) is 56.2 Å². The second kappa shape index (κ2) is 3.27. The zero-order valence-electron chi connectivity index (χ0n) is 7.50. The number of nitrogen functional groups attached to an aromatic ring is 1. The Labute approximate surface area is 94.0 Å². The van der Waals surface area contributed by atoms with Crippen LogP contribution in [0.5, 0.6) is 0 Å². The third-order valence-corrected chi connectivity index (χ3v) is 2.91. The van der Waals surface area contributed by atoms with Crippen LogP contribution < -0.4 is 11.2 Å². The molecule has 1 aromatic heterocycles. The van der Waals surface area contributed by atoms with E-state index in [1.54, 1.807) is 6.07 Å². The van der Waals surface area contributed by atoms with E-state index >= 15 is 0 Å². The normalized spacial score (nSPS) is 10.7. The predicted molar refractivity (Wildman–Crippen MR) is 64.4 cm³/mol. The third kappa shape index (κ3) is 1.30. The molecule has 0 aliphatic rings. The van der Waals surface area contributed by atoms with Crippen molar-refractivity contribution in [1.29, 1.82) is 0 Å². The van der Waals surface area contributed by atoms with E-state index in [0.29, 0.717) is 14.7 Å². The Morgan fingerprint density at radius 1 is 1.43 bits per heavy atom. The third-order valence-electron chi connectivity index (χ3n) is 2.10. The molecule has 3 nitrogen and oxygen atoms in total. The fourth-order valence-corrected chi connectivity index (χ4v) is 1.81. The van der Waals surface area contributed by atoms with Crippen molar-refractivity contribution in [3.63, 3.8) is 0 Å². The van der Waals surface area contributed by atoms with Gasteiger partial charge in [-0.25, -0.2) is 0 Å². The minimum absolute atomic E-state index is 0.153. The minimum Gasteiger partial charge on any atom is -0.448 e. The molecule has 0 saturated heterocycles. The highest BCUT2D eigenvalue weighted by molar-refractivity contribution is 14.1. The molecule has 0 saturated carbocycles. The molecule has 2 N–H and O–H groups in total. The summed E-state index contributed by atoms with van der Waals surface area (Å²) in [6.45, 7) is 1.90. The monoisotopic (exact) mass is 301 g/mol. The van der Waals surface area contributed by atoms with Crippen LogP contribution in [0.4, 0.5) is 5.69 Å². The van der Waals surface area contributed by atoms with E-state index in [1.165, 1.54) is 0 Å². The lowest BCUT2D eigenvalue weighted by Crippen LogP contribution is -2.10. The van der Waals surface area contributed by atoms with Gasteiger partial charge >= 0.3 is 0 Å². The molecular weight excluding hydrogens is 293 g/mol. The predicted octanol–water partition coefficient (Wildman–Crippen LogP) is 2.29. The van der Waals surface area contributed by atoms with Gasteiger partial charge in [0.1, 0.15) is 11.3 Å². The molecule has 0 radical (unpaired) electrons. The van der Waals surface area contributed by atoms with Crippen molar-refractivity contribution in [1.82, 2.24) is 0 Å². The number of hydrogen-bond acceptors (Lipinski definition) is 3. The van der Waals surface area contributed by atoms with Crippen LogP contribution >= 0.6 is 22.6 Å². The Kier molecular flexibility index (Phi) is 2.22. The van der Waals surface area contributed by atoms with Gasteiger partial charge in [0.2, 0.25) is 5.43 Å². The van der Waals surface area contributed by atoms with Gasteiger partial charge in [-0.15, -0.1) is 0 Å². The summed E-state index contributed by atoms with van der Waals surface area (Å²) in [5, 5.41) is 0.544. The van der Waals surface area contributed by atoms with Gasteiger partial charge in [0.05, 0.1) is 5.39 Å². The molecule has 1 heterocycles. The van der Waals surface area contributed by atoms with Crippen molar-refractivity contribution in [2.24, 2.45) is 0 Å². The van der Waals surface area contributed by atoms with Crippen molar-refractivity contribution >= 4 is 39.2 Å². The number of para-hydroxylation sites is 1. The van der Waals surface area contributed by atoms with Gasteiger partial charge in [-0.2, -0.15) is 0 Å². The van der Waals surface area contributed by atoms with Crippen LogP contribution in [0, 0.1) is 10.7 Å². The number of fused-ring (bicyclic) bond motifs is 1. The quantitative estimate of drug-likeness (QED) is 0.760. The molecule has 72 valence electrons. The maximum Gasteiger partial charge on any atom is 0.216 e. The molecular formula is C10H8INO2. The summed E-state index contributed by atoms with van der Waals surface area (Å²) in [6, 6.07) is 5.44. The maximum absolute atomic E-state index is 11.7. The van der Waals surface area contributed by atoms with Crippen LogP contribution in [0.1, 0.15) is 5.56 Å². The molecule has 0 spiro atoms. The standard InChI is InChI=1S/C10H8INO2/c1-5-3-2-4-6-8(13)7(12)10(11)14-9(5)6/h2-4H,12H2,1H3. The number of halogens is 1. The van der Waals surface area contributed by atoms with E-state index in [-0.39, 0.29) is 11.1 Å². The lowest BCUT2D eigenvalue weighted by molar-refractivity contribution is 0.571. The average Bonchev–Trinajstić information content (AvgIpc) is 2.17. The number of hydrogen-bond donors (Lipinski definition) is 1. The van der Waals surface area contributed by atoms with Crippen LogP contribution in [-0.2, 0) is 0 Å². The van der Waals surface area contributed by atoms with Gasteiger partial charge < -0.3 is 10.2 Å². The van der Waals surface area contributed by atoms with Crippen molar-refractivity contribution in [2.45, 2.75) is 6.92 Å². The first-order chi connectivity index (χ1) is 6.61. The highest BCUT2D eigenvalue weighted by Crippen LogP contribution is 2.21. The summed E-state index contributed by atoms with van der Waals surface area (Å²) in [4.78, 5) is 11.7. The van der Waals surface area contributed by atoms with Gasteiger partial charge in [-0.3, -0.25) is 4.79 Å². The lowest BCUT2D eigenvalue weighted by atomic mass is 10.1. The minimum atomic E-state index is -0.153. The second-order valence-electron chi connectivity index (χ2n) is 3.07. The fraction of sp³-hybridized carbons (Fsp3) is 0.100. The smallest absolute Gasteiger partial charge is 0.216 e. The average molecular weight is 301 g/mol. The van der Waals surface area contributed by atoms with Gasteiger partial charge in [0.15, 0.2) is 3.77 Å². The fourth-order valence-electron chi connectivity index (χ4n) is 1.35. The first-order valence-corrected chi connectivity index (χ1v) is 5.16. The van der Waals surface area contributed by atoms with E-state index < -0.39 is 0 Å². The van der Waals surface area contributed by atoms with Gasteiger partial charge in [-0.05, 0) is 18.6 Å². The van der Waals surface area contributed by atoms with Crippen LogP contribution in [0.2, 0.25) is 0 Å². The lowest BCUT2D eigenvalue weighted by Gasteiger charge is -2.02. The summed E-state index contributed by atoms with van der Waals surface area (Å²) >= 11 is 1.92. The highest BCUT2D eigenvalue weighted by Gasteiger charge is 2.09. The number of aryl methyl sites for hydroxylation is 1. The largest absolute Gasteiger partial charge is 0.448 e. The number of rotatable bonds is 0. The summed E-state index contributed by atoms with van der Waals surface area (Å²) in [6.07, 6.45) is 0. The van der Waals surface area contributed by atoms with Crippen molar-refractivity contribution < 1.29 is 4.42 Å². The molecule has 14 heavy (non-hydrogen) atoms. The molecule has 0 aliphatic carbocycles. The number of benzene rings is 1. The zero-order valence-corrected chi connectivity index (χ0v) is 9.66. The molecule has 0 aliphatic heterocycles. The maximum atomic E-state index is 11.7. The molecule has 0 fully saturated rings. The Morgan fingerprint density at radius 3 is 2.86 bits per heavy atom. The molecule has 2 rings (SSSR count). The van der Waals surface area contributed by atoms with Crippen LogP contribution in [0.25, 0.3) is 11.0 Å². The zero-order chi connectivity index (χ0) is 10.3. The molecule has 1 aromatic carbocycles. The highest BCUT2D eigenvalue weighted by atomic mass is 127. The van der Waals surface area contributed by atoms with E-state index in [4.69, 9.17) is 10.2 Å².